The second kappa shape index (κ2) is 60.2. The largest absolute Gasteiger partial charge is 0.466 e. The Bertz CT molecular complexity index is 1050. The number of aliphatic hydroxyl groups is 2. The van der Waals surface area contributed by atoms with Gasteiger partial charge in [0.2, 0.25) is 5.91 Å². The van der Waals surface area contributed by atoms with Gasteiger partial charge in [0.15, 0.2) is 0 Å². The Morgan fingerprint density at radius 3 is 1.03 bits per heavy atom. The van der Waals surface area contributed by atoms with Gasteiger partial charge in [-0.1, -0.05) is 309 Å². The lowest BCUT2D eigenvalue weighted by Gasteiger charge is -2.22. The lowest BCUT2D eigenvalue weighted by molar-refractivity contribution is -0.143. The van der Waals surface area contributed by atoms with Crippen LogP contribution >= 0.6 is 0 Å². The van der Waals surface area contributed by atoms with Crippen LogP contribution in [0.25, 0.3) is 0 Å². The Hall–Kier alpha value is -1.40. The molecule has 2 unspecified atom stereocenters. The molecule has 0 spiro atoms. The van der Waals surface area contributed by atoms with Crippen LogP contribution in [0, 0.1) is 0 Å². The quantitative estimate of drug-likeness (QED) is 0.0321. The number of nitrogens with one attached hydrogen (secondary N) is 1. The van der Waals surface area contributed by atoms with Crippen molar-refractivity contribution in [1.29, 1.82) is 0 Å². The Morgan fingerprint density at radius 1 is 0.386 bits per heavy atom. The van der Waals surface area contributed by atoms with Crippen LogP contribution in [0.15, 0.2) is 12.2 Å². The molecule has 0 aliphatic heterocycles. The number of esters is 1. The third-order valence-corrected chi connectivity index (χ3v) is 15.1. The number of hydrogen-bond acceptors (Lipinski definition) is 5. The van der Waals surface area contributed by atoms with Crippen LogP contribution in [-0.4, -0.2) is 47.4 Å². The zero-order chi connectivity index (χ0) is 50.7. The van der Waals surface area contributed by atoms with Gasteiger partial charge >= 0.3 is 5.97 Å². The number of hydrogen-bond donors (Lipinski definition) is 3. The van der Waals surface area contributed by atoms with E-state index in [2.05, 4.69) is 31.3 Å². The van der Waals surface area contributed by atoms with E-state index < -0.39 is 12.1 Å². The first-order valence-corrected chi connectivity index (χ1v) is 31.9. The maximum atomic E-state index is 12.5. The average Bonchev–Trinajstić information content (AvgIpc) is 3.36. The summed E-state index contributed by atoms with van der Waals surface area (Å²) < 4.78 is 5.47. The molecule has 0 aromatic carbocycles. The maximum absolute atomic E-state index is 12.5. The molecular weight excluding hydrogens is 863 g/mol. The van der Waals surface area contributed by atoms with Crippen LogP contribution in [0.4, 0.5) is 0 Å². The number of allylic oxidation sites excluding steroid dienone is 2. The molecule has 3 N–H and O–H groups in total. The third kappa shape index (κ3) is 55.9. The van der Waals surface area contributed by atoms with Crippen LogP contribution < -0.4 is 5.32 Å². The summed E-state index contributed by atoms with van der Waals surface area (Å²) in [4.78, 5) is 24.6. The van der Waals surface area contributed by atoms with Gasteiger partial charge in [0.25, 0.3) is 0 Å². The first kappa shape index (κ1) is 68.6. The van der Waals surface area contributed by atoms with Crippen molar-refractivity contribution in [1.82, 2.24) is 5.32 Å². The molecule has 0 aliphatic carbocycles. The van der Waals surface area contributed by atoms with Crippen molar-refractivity contribution in [3.8, 4) is 0 Å². The molecule has 0 bridgehead atoms. The van der Waals surface area contributed by atoms with Crippen molar-refractivity contribution in [3.63, 3.8) is 0 Å². The summed E-state index contributed by atoms with van der Waals surface area (Å²) in [5.41, 5.74) is 0. The van der Waals surface area contributed by atoms with E-state index in [4.69, 9.17) is 4.74 Å². The van der Waals surface area contributed by atoms with Crippen molar-refractivity contribution < 1.29 is 24.5 Å². The molecule has 1 amide bonds. The third-order valence-electron chi connectivity index (χ3n) is 15.1. The van der Waals surface area contributed by atoms with Gasteiger partial charge in [-0.3, -0.25) is 9.59 Å². The van der Waals surface area contributed by atoms with Crippen molar-refractivity contribution in [3.05, 3.63) is 12.2 Å². The van der Waals surface area contributed by atoms with E-state index in [0.29, 0.717) is 25.9 Å². The zero-order valence-electron chi connectivity index (χ0n) is 47.5. The molecule has 6 nitrogen and oxygen atoms in total. The summed E-state index contributed by atoms with van der Waals surface area (Å²) in [6, 6.07) is -0.544. The van der Waals surface area contributed by atoms with Crippen molar-refractivity contribution in [2.75, 3.05) is 13.2 Å². The number of carbonyl (C=O) groups is 2. The molecule has 0 rings (SSSR count). The molecule has 0 aromatic rings. The van der Waals surface area contributed by atoms with Gasteiger partial charge in [-0.25, -0.2) is 0 Å². The molecule has 2 atom stereocenters. The predicted octanol–water partition coefficient (Wildman–Crippen LogP) is 20.0. The van der Waals surface area contributed by atoms with E-state index in [1.807, 2.05) is 0 Å². The predicted molar refractivity (Wildman–Crippen MR) is 306 cm³/mol. The summed E-state index contributed by atoms with van der Waals surface area (Å²) in [5.74, 6) is -0.0330. The van der Waals surface area contributed by atoms with Crippen LogP contribution in [0.2, 0.25) is 0 Å². The van der Waals surface area contributed by atoms with Gasteiger partial charge in [0, 0.05) is 12.8 Å². The van der Waals surface area contributed by atoms with E-state index >= 15 is 0 Å². The Morgan fingerprint density at radius 2 is 0.671 bits per heavy atom. The normalized spacial score (nSPS) is 12.6. The number of carbonyl (C=O) groups excluding carboxylic acids is 2. The molecule has 0 saturated heterocycles. The number of amides is 1. The van der Waals surface area contributed by atoms with Gasteiger partial charge < -0.3 is 20.3 Å². The van der Waals surface area contributed by atoms with Crippen LogP contribution in [0.3, 0.4) is 0 Å². The Labute approximate surface area is 438 Å². The monoisotopic (exact) mass is 988 g/mol. The van der Waals surface area contributed by atoms with E-state index in [1.165, 1.54) is 283 Å². The molecule has 0 saturated carbocycles. The molecule has 6 heteroatoms. The fourth-order valence-electron chi connectivity index (χ4n) is 10.2. The molecule has 416 valence electrons. The van der Waals surface area contributed by atoms with Gasteiger partial charge in [-0.05, 0) is 51.4 Å². The summed E-state index contributed by atoms with van der Waals surface area (Å²) in [6.07, 6.45) is 72.2. The molecule has 70 heavy (non-hydrogen) atoms. The number of rotatable bonds is 60. The Balaban J connectivity index is 3.40. The highest BCUT2D eigenvalue weighted by Crippen LogP contribution is 2.18. The van der Waals surface area contributed by atoms with E-state index in [-0.39, 0.29) is 18.5 Å². The highest BCUT2D eigenvalue weighted by molar-refractivity contribution is 5.76. The van der Waals surface area contributed by atoms with E-state index in [9.17, 15) is 19.8 Å². The summed E-state index contributed by atoms with van der Waals surface area (Å²) in [5, 5.41) is 23.4. The van der Waals surface area contributed by atoms with Gasteiger partial charge in [0.05, 0.1) is 25.4 Å². The summed E-state index contributed by atoms with van der Waals surface area (Å²) >= 11 is 0. The summed E-state index contributed by atoms with van der Waals surface area (Å²) in [7, 11) is 0. The minimum Gasteiger partial charge on any atom is -0.466 e. The fourth-order valence-corrected chi connectivity index (χ4v) is 10.2. The van der Waals surface area contributed by atoms with E-state index in [1.54, 1.807) is 0 Å². The standard InChI is InChI=1S/C64H125NO5/c1-3-5-7-9-11-13-15-17-18-19-20-21-23-26-29-33-36-40-44-48-52-56-62(67)61(60-66)65-63(68)57-53-49-45-41-37-34-30-27-24-22-25-28-31-35-39-43-47-51-55-59-70-64(69)58-54-50-46-42-38-32-16-14-12-10-8-6-4-2/h14,16,61-62,66-67H,3-13,15,17-60H2,1-2H3,(H,65,68)/b16-14-. The second-order valence-electron chi connectivity index (χ2n) is 22.1. The number of aliphatic hydroxyl groups excluding tert-OH is 2. The summed E-state index contributed by atoms with van der Waals surface area (Å²) in [6.45, 7) is 4.96. The van der Waals surface area contributed by atoms with Crippen molar-refractivity contribution in [2.45, 2.75) is 373 Å². The first-order valence-electron chi connectivity index (χ1n) is 31.9. The minimum absolute atomic E-state index is 0.000814. The SMILES string of the molecule is CCCCCC/C=C\CCCCCCCC(=O)OCCCCCCCCCCCCCCCCCCCCCC(=O)NC(CO)C(O)CCCCCCCCCCCCCCCCCCCCCCC. The number of unbranched alkanes of at least 4 members (excludes halogenated alkanes) is 47. The van der Waals surface area contributed by atoms with Crippen LogP contribution in [0.5, 0.6) is 0 Å². The van der Waals surface area contributed by atoms with E-state index in [0.717, 1.165) is 44.9 Å². The van der Waals surface area contributed by atoms with Crippen molar-refractivity contribution in [2.24, 2.45) is 0 Å². The van der Waals surface area contributed by atoms with Crippen LogP contribution in [-0.2, 0) is 14.3 Å². The smallest absolute Gasteiger partial charge is 0.305 e. The lowest BCUT2D eigenvalue weighted by atomic mass is 10.0. The molecule has 0 aromatic heterocycles. The number of ether oxygens (including phenoxy) is 1. The highest BCUT2D eigenvalue weighted by Gasteiger charge is 2.20. The Kier molecular flexibility index (Phi) is 59.0. The molecule has 0 fully saturated rings. The van der Waals surface area contributed by atoms with Crippen molar-refractivity contribution >= 4 is 11.9 Å². The minimum atomic E-state index is -0.667. The molecule has 0 radical (unpaired) electrons. The lowest BCUT2D eigenvalue weighted by Crippen LogP contribution is -2.45. The average molecular weight is 989 g/mol. The first-order chi connectivity index (χ1) is 34.5. The molecule has 0 aliphatic rings. The fraction of sp³-hybridized carbons (Fsp3) is 0.938. The second-order valence-corrected chi connectivity index (χ2v) is 22.1. The topological polar surface area (TPSA) is 95.9 Å². The zero-order valence-corrected chi connectivity index (χ0v) is 47.5. The van der Waals surface area contributed by atoms with Gasteiger partial charge in [0.1, 0.15) is 0 Å². The molecular formula is C64H125NO5. The van der Waals surface area contributed by atoms with Gasteiger partial charge in [-0.2, -0.15) is 0 Å². The highest BCUT2D eigenvalue weighted by atomic mass is 16.5. The molecule has 0 heterocycles. The van der Waals surface area contributed by atoms with Crippen LogP contribution in [0.1, 0.15) is 361 Å². The van der Waals surface area contributed by atoms with Gasteiger partial charge in [-0.15, -0.1) is 0 Å². The maximum Gasteiger partial charge on any atom is 0.305 e.